The molecule has 0 radical (unpaired) electrons. The van der Waals surface area contributed by atoms with Crippen LogP contribution >= 0.6 is 11.6 Å². The predicted octanol–water partition coefficient (Wildman–Crippen LogP) is 2.48. The minimum absolute atomic E-state index is 0.138. The van der Waals surface area contributed by atoms with Crippen molar-refractivity contribution >= 4 is 17.5 Å². The van der Waals surface area contributed by atoms with Gasteiger partial charge in [0.2, 0.25) is 0 Å². The van der Waals surface area contributed by atoms with Crippen LogP contribution in [0.15, 0.2) is 24.3 Å². The second-order valence-corrected chi connectivity index (χ2v) is 4.95. The maximum atomic E-state index is 12.6. The van der Waals surface area contributed by atoms with Crippen molar-refractivity contribution in [3.05, 3.63) is 34.9 Å². The lowest BCUT2D eigenvalue weighted by atomic mass is 10.0. The lowest BCUT2D eigenvalue weighted by Crippen LogP contribution is -2.48. The summed E-state index contributed by atoms with van der Waals surface area (Å²) in [5.41, 5.74) is -2.61. The molecule has 7 heteroatoms. The van der Waals surface area contributed by atoms with E-state index in [4.69, 9.17) is 11.6 Å². The molecule has 2 rings (SSSR count). The van der Waals surface area contributed by atoms with Gasteiger partial charge in [-0.1, -0.05) is 17.7 Å². The molecular formula is C12H11ClF3NO2. The average molecular weight is 294 g/mol. The SMILES string of the molecule is O=C(c1cccc(Cl)c1)N1CC[C@](O)(C(F)(F)F)C1. The van der Waals surface area contributed by atoms with Crippen LogP contribution in [0.25, 0.3) is 0 Å². The number of amides is 1. The van der Waals surface area contributed by atoms with Gasteiger partial charge in [-0.3, -0.25) is 4.79 Å². The van der Waals surface area contributed by atoms with E-state index in [1.807, 2.05) is 0 Å². The fourth-order valence-corrected chi connectivity index (χ4v) is 2.19. The molecule has 1 aromatic rings. The molecule has 0 spiro atoms. The Labute approximate surface area is 112 Å². The molecule has 1 atom stereocenters. The highest BCUT2D eigenvalue weighted by Gasteiger charge is 2.57. The number of carbonyl (C=O) groups is 1. The highest BCUT2D eigenvalue weighted by Crippen LogP contribution is 2.38. The normalized spacial score (nSPS) is 23.7. The van der Waals surface area contributed by atoms with E-state index < -0.39 is 30.7 Å². The van der Waals surface area contributed by atoms with Crippen molar-refractivity contribution in [2.45, 2.75) is 18.2 Å². The zero-order valence-corrected chi connectivity index (χ0v) is 10.5. The van der Waals surface area contributed by atoms with Crippen LogP contribution in [0.4, 0.5) is 13.2 Å². The smallest absolute Gasteiger partial charge is 0.379 e. The molecule has 1 saturated heterocycles. The number of hydrogen-bond donors (Lipinski definition) is 1. The van der Waals surface area contributed by atoms with Crippen molar-refractivity contribution in [2.75, 3.05) is 13.1 Å². The van der Waals surface area contributed by atoms with E-state index in [0.29, 0.717) is 5.02 Å². The summed E-state index contributed by atoms with van der Waals surface area (Å²) in [4.78, 5) is 13.0. The topological polar surface area (TPSA) is 40.5 Å². The van der Waals surface area contributed by atoms with E-state index in [1.165, 1.54) is 12.1 Å². The molecule has 1 aliphatic heterocycles. The molecule has 1 heterocycles. The molecule has 104 valence electrons. The third-order valence-electron chi connectivity index (χ3n) is 3.13. The minimum Gasteiger partial charge on any atom is -0.379 e. The van der Waals surface area contributed by atoms with Gasteiger partial charge in [0.05, 0.1) is 6.54 Å². The first kappa shape index (κ1) is 14.1. The molecule has 1 aliphatic rings. The maximum Gasteiger partial charge on any atom is 0.419 e. The average Bonchev–Trinajstić information content (AvgIpc) is 2.72. The van der Waals surface area contributed by atoms with Crippen LogP contribution in [0.5, 0.6) is 0 Å². The van der Waals surface area contributed by atoms with Gasteiger partial charge in [0.15, 0.2) is 5.60 Å². The summed E-state index contributed by atoms with van der Waals surface area (Å²) in [6, 6.07) is 5.96. The molecule has 0 unspecified atom stereocenters. The van der Waals surface area contributed by atoms with Gasteiger partial charge in [-0.15, -0.1) is 0 Å². The zero-order valence-electron chi connectivity index (χ0n) is 9.75. The molecule has 0 aromatic heterocycles. The van der Waals surface area contributed by atoms with Gasteiger partial charge >= 0.3 is 6.18 Å². The number of halogens is 4. The number of carbonyl (C=O) groups excluding carboxylic acids is 1. The van der Waals surface area contributed by atoms with Crippen molar-refractivity contribution < 1.29 is 23.1 Å². The van der Waals surface area contributed by atoms with Gasteiger partial charge in [-0.05, 0) is 18.2 Å². The first-order chi connectivity index (χ1) is 8.73. The monoisotopic (exact) mass is 293 g/mol. The lowest BCUT2D eigenvalue weighted by molar-refractivity contribution is -0.253. The Hall–Kier alpha value is -1.27. The summed E-state index contributed by atoms with van der Waals surface area (Å²) < 4.78 is 37.9. The van der Waals surface area contributed by atoms with Crippen molar-refractivity contribution in [1.29, 1.82) is 0 Å². The van der Waals surface area contributed by atoms with Crippen LogP contribution < -0.4 is 0 Å². The standard InChI is InChI=1S/C12H11ClF3NO2/c13-9-3-1-2-8(6-9)10(18)17-5-4-11(19,7-17)12(14,15)16/h1-3,6,19H,4-5,7H2/t11-/m1/s1. The van der Waals surface area contributed by atoms with Crippen LogP contribution in [0, 0.1) is 0 Å². The summed E-state index contributed by atoms with van der Waals surface area (Å²) >= 11 is 5.72. The van der Waals surface area contributed by atoms with E-state index in [1.54, 1.807) is 12.1 Å². The second kappa shape index (κ2) is 4.68. The van der Waals surface area contributed by atoms with Gasteiger partial charge in [0, 0.05) is 23.6 Å². The van der Waals surface area contributed by atoms with E-state index in [-0.39, 0.29) is 12.1 Å². The number of likely N-dealkylation sites (tertiary alicyclic amines) is 1. The molecule has 0 saturated carbocycles. The van der Waals surface area contributed by atoms with Gasteiger partial charge in [-0.2, -0.15) is 13.2 Å². The van der Waals surface area contributed by atoms with Crippen molar-refractivity contribution in [3.63, 3.8) is 0 Å². The van der Waals surface area contributed by atoms with Crippen LogP contribution in [0.1, 0.15) is 16.8 Å². The summed E-state index contributed by atoms with van der Waals surface area (Å²) in [7, 11) is 0. The molecule has 1 fully saturated rings. The Morgan fingerprint density at radius 1 is 1.42 bits per heavy atom. The minimum atomic E-state index is -4.74. The fraction of sp³-hybridized carbons (Fsp3) is 0.417. The number of benzene rings is 1. The molecule has 1 aromatic carbocycles. The Morgan fingerprint density at radius 3 is 2.63 bits per heavy atom. The first-order valence-corrected chi connectivity index (χ1v) is 5.95. The Balaban J connectivity index is 2.16. The Bertz CT molecular complexity index is 506. The molecule has 3 nitrogen and oxygen atoms in total. The van der Waals surface area contributed by atoms with Crippen molar-refractivity contribution in [2.24, 2.45) is 0 Å². The number of rotatable bonds is 1. The molecule has 1 N–H and O–H groups in total. The fourth-order valence-electron chi connectivity index (χ4n) is 2.00. The summed E-state index contributed by atoms with van der Waals surface area (Å²) in [5, 5.41) is 9.83. The van der Waals surface area contributed by atoms with Crippen LogP contribution in [0.2, 0.25) is 5.02 Å². The largest absolute Gasteiger partial charge is 0.419 e. The van der Waals surface area contributed by atoms with Crippen LogP contribution in [0.3, 0.4) is 0 Å². The Kier molecular flexibility index (Phi) is 3.49. The van der Waals surface area contributed by atoms with Crippen LogP contribution in [-0.2, 0) is 0 Å². The maximum absolute atomic E-state index is 12.6. The van der Waals surface area contributed by atoms with Gasteiger partial charge in [-0.25, -0.2) is 0 Å². The van der Waals surface area contributed by atoms with Crippen LogP contribution in [-0.4, -0.2) is 40.8 Å². The molecule has 1 amide bonds. The second-order valence-electron chi connectivity index (χ2n) is 4.52. The highest BCUT2D eigenvalue weighted by molar-refractivity contribution is 6.30. The summed E-state index contributed by atoms with van der Waals surface area (Å²) in [5.74, 6) is -0.567. The quantitative estimate of drug-likeness (QED) is 0.864. The number of β-amino-alcohol motifs (C(OH)–C–C–N with tert-alkyl or cyclic N) is 1. The lowest BCUT2D eigenvalue weighted by Gasteiger charge is -2.25. The Morgan fingerprint density at radius 2 is 2.11 bits per heavy atom. The number of alkyl halides is 3. The number of aliphatic hydroxyl groups is 1. The van der Waals surface area contributed by atoms with E-state index in [2.05, 4.69) is 0 Å². The van der Waals surface area contributed by atoms with E-state index in [0.717, 1.165) is 4.90 Å². The summed E-state index contributed by atoms with van der Waals surface area (Å²) in [6.07, 6.45) is -5.25. The van der Waals surface area contributed by atoms with Gasteiger partial charge < -0.3 is 10.0 Å². The zero-order chi connectivity index (χ0) is 14.3. The number of hydrogen-bond acceptors (Lipinski definition) is 2. The molecular weight excluding hydrogens is 283 g/mol. The first-order valence-electron chi connectivity index (χ1n) is 5.57. The molecule has 0 aliphatic carbocycles. The van der Waals surface area contributed by atoms with E-state index >= 15 is 0 Å². The third-order valence-corrected chi connectivity index (χ3v) is 3.37. The van der Waals surface area contributed by atoms with Crippen molar-refractivity contribution in [3.8, 4) is 0 Å². The van der Waals surface area contributed by atoms with Gasteiger partial charge in [0.1, 0.15) is 0 Å². The summed E-state index contributed by atoms with van der Waals surface area (Å²) in [6.45, 7) is -0.886. The predicted molar refractivity (Wildman–Crippen MR) is 63.0 cm³/mol. The van der Waals surface area contributed by atoms with Gasteiger partial charge in [0.25, 0.3) is 5.91 Å². The third kappa shape index (κ3) is 2.69. The highest BCUT2D eigenvalue weighted by atomic mass is 35.5. The van der Waals surface area contributed by atoms with E-state index in [9.17, 15) is 23.1 Å². The number of nitrogens with zero attached hydrogens (tertiary/aromatic N) is 1. The van der Waals surface area contributed by atoms with Crippen molar-refractivity contribution in [1.82, 2.24) is 4.90 Å². The molecule has 19 heavy (non-hydrogen) atoms. The molecule has 0 bridgehead atoms.